The number of carbonyl (C=O) groups excluding carboxylic acids is 1. The van der Waals surface area contributed by atoms with Gasteiger partial charge in [-0.3, -0.25) is 4.84 Å². The van der Waals surface area contributed by atoms with Gasteiger partial charge in [0.25, 0.3) is 0 Å². The zero-order valence-corrected chi connectivity index (χ0v) is 24.5. The summed E-state index contributed by atoms with van der Waals surface area (Å²) in [6.45, 7) is 1.04. The van der Waals surface area contributed by atoms with Crippen LogP contribution in [0.15, 0.2) is 66.7 Å². The molecule has 1 atom stereocenters. The monoisotopic (exact) mass is 593 g/mol. The zero-order chi connectivity index (χ0) is 31.4. The standard InChI is InChI=1S/C30H33NO6.C2H2O4/c1-33-26-12-11-23(17-27(26)34-2)20-30(14-8-16-32)25-19-29(36-4)28(35-3)18-24(25)13-15-31(30)37-21-22-9-6-5-7-10-22;3-1(4)2(5)6/h5-12,17-19H,13-15,20-21H2,1-4H3;(H,3,4)(H,5,6)/t30-;/m1./s1. The second-order valence-electron chi connectivity index (χ2n) is 9.51. The molecule has 0 aliphatic carbocycles. The van der Waals surface area contributed by atoms with E-state index in [-0.39, 0.29) is 0 Å². The van der Waals surface area contributed by atoms with E-state index in [0.717, 1.165) is 28.7 Å². The van der Waals surface area contributed by atoms with Gasteiger partial charge in [0.15, 0.2) is 23.0 Å². The lowest BCUT2D eigenvalue weighted by Gasteiger charge is -2.47. The summed E-state index contributed by atoms with van der Waals surface area (Å²) in [5, 5.41) is 16.8. The molecule has 0 unspecified atom stereocenters. The van der Waals surface area contributed by atoms with Gasteiger partial charge in [-0.2, -0.15) is 5.06 Å². The first kappa shape index (κ1) is 32.7. The molecule has 0 fully saturated rings. The molecule has 1 aliphatic rings. The number of hydroxylamine groups is 2. The third-order valence-electron chi connectivity index (χ3n) is 7.05. The molecule has 0 spiro atoms. The van der Waals surface area contributed by atoms with Crippen molar-refractivity contribution in [3.8, 4) is 23.0 Å². The lowest BCUT2D eigenvalue weighted by Crippen LogP contribution is -2.51. The Labute approximate surface area is 249 Å². The minimum Gasteiger partial charge on any atom is -0.493 e. The van der Waals surface area contributed by atoms with Crippen LogP contribution in [0.5, 0.6) is 23.0 Å². The summed E-state index contributed by atoms with van der Waals surface area (Å²) < 4.78 is 22.3. The molecule has 0 bridgehead atoms. The first-order chi connectivity index (χ1) is 20.7. The number of aliphatic carboxylic acids is 2. The second-order valence-corrected chi connectivity index (χ2v) is 9.51. The Morgan fingerprint density at radius 1 is 0.837 bits per heavy atom. The fraction of sp³-hybridized carbons (Fsp3) is 0.312. The van der Waals surface area contributed by atoms with Crippen molar-refractivity contribution in [1.82, 2.24) is 5.06 Å². The van der Waals surface area contributed by atoms with Crippen molar-refractivity contribution in [3.05, 3.63) is 89.0 Å². The molecule has 3 aromatic rings. The Morgan fingerprint density at radius 2 is 1.44 bits per heavy atom. The summed E-state index contributed by atoms with van der Waals surface area (Å²) in [7, 11) is 6.49. The number of methoxy groups -OCH3 is 4. The van der Waals surface area contributed by atoms with Crippen LogP contribution in [0, 0.1) is 0 Å². The molecule has 0 saturated heterocycles. The van der Waals surface area contributed by atoms with Gasteiger partial charge >= 0.3 is 11.9 Å². The van der Waals surface area contributed by atoms with Gasteiger partial charge in [-0.05, 0) is 59.4 Å². The molecule has 1 aliphatic heterocycles. The van der Waals surface area contributed by atoms with Crippen LogP contribution in [0.3, 0.4) is 0 Å². The summed E-state index contributed by atoms with van der Waals surface area (Å²) in [4.78, 5) is 36.2. The van der Waals surface area contributed by atoms with Gasteiger partial charge < -0.3 is 29.2 Å². The fourth-order valence-electron chi connectivity index (χ4n) is 5.05. The number of carboxylic acid groups (broad SMARTS) is 2. The van der Waals surface area contributed by atoms with Gasteiger partial charge in [0.05, 0.1) is 40.6 Å². The Bertz CT molecular complexity index is 1440. The highest BCUT2D eigenvalue weighted by atomic mass is 16.7. The van der Waals surface area contributed by atoms with Crippen LogP contribution < -0.4 is 18.9 Å². The third kappa shape index (κ3) is 7.92. The Hall–Kier alpha value is -4.83. The third-order valence-corrected chi connectivity index (χ3v) is 7.05. The summed E-state index contributed by atoms with van der Waals surface area (Å²) in [6, 6.07) is 19.9. The molecule has 1 heterocycles. The number of hydrogen-bond acceptors (Lipinski definition) is 9. The molecular formula is C32H35NO10. The van der Waals surface area contributed by atoms with Crippen molar-refractivity contribution in [1.29, 1.82) is 0 Å². The Morgan fingerprint density at radius 3 is 2.02 bits per heavy atom. The second kappa shape index (κ2) is 15.4. The average Bonchev–Trinajstić information content (AvgIpc) is 3.03. The minimum atomic E-state index is -1.82. The number of fused-ring (bicyclic) bond motifs is 1. The molecule has 43 heavy (non-hydrogen) atoms. The van der Waals surface area contributed by atoms with E-state index in [4.69, 9.17) is 43.6 Å². The van der Waals surface area contributed by atoms with Crippen molar-refractivity contribution < 1.29 is 48.4 Å². The largest absolute Gasteiger partial charge is 0.493 e. The molecule has 4 rings (SSSR count). The highest BCUT2D eigenvalue weighted by molar-refractivity contribution is 6.27. The average molecular weight is 594 g/mol. The maximum absolute atomic E-state index is 11.5. The number of benzene rings is 3. The van der Waals surface area contributed by atoms with Crippen LogP contribution in [0.25, 0.3) is 0 Å². The maximum atomic E-state index is 11.5. The zero-order valence-electron chi connectivity index (χ0n) is 24.5. The summed E-state index contributed by atoms with van der Waals surface area (Å²) in [5.41, 5.74) is 3.50. The summed E-state index contributed by atoms with van der Waals surface area (Å²) in [5.74, 6) is 0.925. The summed E-state index contributed by atoms with van der Waals surface area (Å²) >= 11 is 0. The van der Waals surface area contributed by atoms with Gasteiger partial charge in [0, 0.05) is 19.0 Å². The van der Waals surface area contributed by atoms with Crippen molar-refractivity contribution in [2.45, 2.75) is 31.4 Å². The van der Waals surface area contributed by atoms with Crippen LogP contribution >= 0.6 is 0 Å². The molecule has 0 amide bonds. The van der Waals surface area contributed by atoms with Gasteiger partial charge in [-0.1, -0.05) is 36.4 Å². The molecule has 228 valence electrons. The normalized spacial score (nSPS) is 15.5. The molecule has 0 radical (unpaired) electrons. The Kier molecular flexibility index (Phi) is 11.7. The smallest absolute Gasteiger partial charge is 0.414 e. The van der Waals surface area contributed by atoms with Crippen molar-refractivity contribution in [2.75, 3.05) is 35.0 Å². The van der Waals surface area contributed by atoms with E-state index >= 15 is 0 Å². The van der Waals surface area contributed by atoms with Crippen LogP contribution in [0.1, 0.15) is 28.7 Å². The van der Waals surface area contributed by atoms with Crippen molar-refractivity contribution in [2.24, 2.45) is 0 Å². The van der Waals surface area contributed by atoms with E-state index in [2.05, 4.69) is 0 Å². The van der Waals surface area contributed by atoms with E-state index in [9.17, 15) is 4.79 Å². The van der Waals surface area contributed by atoms with E-state index in [1.807, 2.05) is 71.7 Å². The maximum Gasteiger partial charge on any atom is 0.414 e. The highest BCUT2D eigenvalue weighted by Gasteiger charge is 2.44. The lowest BCUT2D eigenvalue weighted by atomic mass is 9.75. The first-order valence-corrected chi connectivity index (χ1v) is 13.3. The predicted octanol–water partition coefficient (Wildman–Crippen LogP) is 4.08. The van der Waals surface area contributed by atoms with Gasteiger partial charge in [-0.15, -0.1) is 0 Å². The van der Waals surface area contributed by atoms with Crippen LogP contribution in [-0.2, 0) is 44.2 Å². The van der Waals surface area contributed by atoms with Gasteiger partial charge in [0.1, 0.15) is 5.94 Å². The Balaban J connectivity index is 0.000000765. The fourth-order valence-corrected chi connectivity index (χ4v) is 5.05. The predicted molar refractivity (Wildman–Crippen MR) is 156 cm³/mol. The van der Waals surface area contributed by atoms with Crippen LogP contribution in [-0.4, -0.2) is 68.1 Å². The lowest BCUT2D eigenvalue weighted by molar-refractivity contribution is -0.240. The molecular weight excluding hydrogens is 558 g/mol. The number of rotatable bonds is 11. The minimum absolute atomic E-state index is 0.391. The molecule has 0 saturated carbocycles. The highest BCUT2D eigenvalue weighted by Crippen LogP contribution is 2.46. The van der Waals surface area contributed by atoms with Crippen molar-refractivity contribution in [3.63, 3.8) is 0 Å². The van der Waals surface area contributed by atoms with Crippen molar-refractivity contribution >= 4 is 17.9 Å². The van der Waals surface area contributed by atoms with E-state index in [1.165, 1.54) is 6.08 Å². The topological polar surface area (TPSA) is 141 Å². The number of nitrogens with zero attached hydrogens (tertiary/aromatic N) is 1. The molecule has 11 nitrogen and oxygen atoms in total. The quantitative estimate of drug-likeness (QED) is 0.245. The number of ether oxygens (including phenoxy) is 4. The number of carbonyl (C=O) groups is 2. The van der Waals surface area contributed by atoms with E-state index in [1.54, 1.807) is 28.4 Å². The van der Waals surface area contributed by atoms with E-state index in [0.29, 0.717) is 49.0 Å². The van der Waals surface area contributed by atoms with Gasteiger partial charge in [-0.25, -0.2) is 14.4 Å². The molecule has 3 aromatic carbocycles. The molecule has 11 heteroatoms. The van der Waals surface area contributed by atoms with Gasteiger partial charge in [0.2, 0.25) is 0 Å². The number of hydrogen-bond donors (Lipinski definition) is 2. The van der Waals surface area contributed by atoms with Crippen LogP contribution in [0.2, 0.25) is 0 Å². The van der Waals surface area contributed by atoms with Crippen LogP contribution in [0.4, 0.5) is 0 Å². The van der Waals surface area contributed by atoms with E-state index < -0.39 is 17.5 Å². The molecule has 0 aromatic heterocycles. The first-order valence-electron chi connectivity index (χ1n) is 13.3. The molecule has 2 N–H and O–H groups in total. The number of carboxylic acids is 2. The SMILES string of the molecule is COc1ccc(C[C@]2(CC=C=O)c3cc(OC)c(OC)cc3CCN2OCc2ccccc2)cc1OC.O=C(O)C(=O)O. The summed E-state index contributed by atoms with van der Waals surface area (Å²) in [6.07, 6.45) is 3.22.